The molecule has 0 N–H and O–H groups in total. The minimum Gasteiger partial charge on any atom is -0.493 e. The van der Waals surface area contributed by atoms with Crippen LogP contribution in [0.5, 0.6) is 23.0 Å². The lowest BCUT2D eigenvalue weighted by Gasteiger charge is -2.13. The third kappa shape index (κ3) is 7.19. The number of methoxy groups -OCH3 is 4. The number of unbranched alkanes of at least 4 members (excludes halogenated alkanes) is 2. The molecule has 0 fully saturated rings. The third-order valence-corrected chi connectivity index (χ3v) is 5.07. The van der Waals surface area contributed by atoms with E-state index in [0.717, 1.165) is 26.4 Å². The molecule has 0 bridgehead atoms. The van der Waals surface area contributed by atoms with E-state index in [4.69, 9.17) is 18.9 Å². The van der Waals surface area contributed by atoms with Crippen LogP contribution in [0, 0.1) is 20.2 Å². The Labute approximate surface area is 211 Å². The zero-order valence-electron chi connectivity index (χ0n) is 20.6. The molecule has 0 unspecified atom stereocenters. The SMILES string of the molecule is COC(=O)c1cc(OC)c(OCCCCCOc2cc([N+](=O)[O-])c(C(=O)OC)cc2OC)cc1[N+](=O)[O-]. The second-order valence-electron chi connectivity index (χ2n) is 7.30. The van der Waals surface area contributed by atoms with Crippen LogP contribution in [0.15, 0.2) is 24.3 Å². The van der Waals surface area contributed by atoms with Crippen molar-refractivity contribution in [2.45, 2.75) is 19.3 Å². The highest BCUT2D eigenvalue weighted by atomic mass is 16.6. The molecule has 0 amide bonds. The van der Waals surface area contributed by atoms with Crippen LogP contribution in [0.3, 0.4) is 0 Å². The van der Waals surface area contributed by atoms with E-state index in [1.54, 1.807) is 0 Å². The van der Waals surface area contributed by atoms with Crippen molar-refractivity contribution in [1.82, 2.24) is 0 Å². The van der Waals surface area contributed by atoms with Gasteiger partial charge in [-0.1, -0.05) is 0 Å². The zero-order chi connectivity index (χ0) is 27.5. The van der Waals surface area contributed by atoms with Gasteiger partial charge in [-0.3, -0.25) is 20.2 Å². The van der Waals surface area contributed by atoms with Gasteiger partial charge in [-0.15, -0.1) is 0 Å². The van der Waals surface area contributed by atoms with Crippen molar-refractivity contribution < 1.29 is 47.9 Å². The molecule has 0 aliphatic heterocycles. The fraction of sp³-hybridized carbons (Fsp3) is 0.391. The number of nitrogens with zero attached hydrogens (tertiary/aromatic N) is 2. The first-order valence-corrected chi connectivity index (χ1v) is 10.8. The molecule has 37 heavy (non-hydrogen) atoms. The number of ether oxygens (including phenoxy) is 6. The molecule has 0 aliphatic carbocycles. The van der Waals surface area contributed by atoms with Crippen LogP contribution in [-0.4, -0.2) is 63.4 Å². The molecule has 2 rings (SSSR count). The van der Waals surface area contributed by atoms with Crippen LogP contribution < -0.4 is 18.9 Å². The van der Waals surface area contributed by atoms with Gasteiger partial charge in [0.15, 0.2) is 23.0 Å². The monoisotopic (exact) mass is 522 g/mol. The Kier molecular flexibility index (Phi) is 10.4. The first-order chi connectivity index (χ1) is 17.7. The Morgan fingerprint density at radius 2 is 1.03 bits per heavy atom. The van der Waals surface area contributed by atoms with Crippen molar-refractivity contribution in [2.75, 3.05) is 41.7 Å². The summed E-state index contributed by atoms with van der Waals surface area (Å²) in [4.78, 5) is 44.9. The minimum atomic E-state index is -0.876. The van der Waals surface area contributed by atoms with Gasteiger partial charge in [-0.05, 0) is 19.3 Å². The Hall–Kier alpha value is -4.62. The number of nitro groups is 2. The number of carbonyl (C=O) groups is 2. The molecule has 0 saturated heterocycles. The summed E-state index contributed by atoms with van der Waals surface area (Å²) in [6.07, 6.45) is 1.70. The first-order valence-electron chi connectivity index (χ1n) is 10.8. The summed E-state index contributed by atoms with van der Waals surface area (Å²) in [5.74, 6) is -1.28. The summed E-state index contributed by atoms with van der Waals surface area (Å²) in [5.41, 5.74) is -1.47. The largest absolute Gasteiger partial charge is 0.493 e. The van der Waals surface area contributed by atoms with Crippen molar-refractivity contribution in [3.63, 3.8) is 0 Å². The lowest BCUT2D eigenvalue weighted by molar-refractivity contribution is -0.385. The summed E-state index contributed by atoms with van der Waals surface area (Å²) in [6.45, 7) is 0.376. The fourth-order valence-corrected chi connectivity index (χ4v) is 3.24. The van der Waals surface area contributed by atoms with E-state index in [-0.39, 0.29) is 47.3 Å². The van der Waals surface area contributed by atoms with Gasteiger partial charge < -0.3 is 28.4 Å². The van der Waals surface area contributed by atoms with Gasteiger partial charge in [0.25, 0.3) is 11.4 Å². The van der Waals surface area contributed by atoms with Crippen molar-refractivity contribution in [3.8, 4) is 23.0 Å². The second-order valence-corrected chi connectivity index (χ2v) is 7.30. The molecule has 14 nitrogen and oxygen atoms in total. The Morgan fingerprint density at radius 3 is 1.32 bits per heavy atom. The molecule has 0 heterocycles. The van der Waals surface area contributed by atoms with Crippen LogP contribution >= 0.6 is 0 Å². The molecule has 0 spiro atoms. The number of esters is 2. The van der Waals surface area contributed by atoms with Gasteiger partial charge in [0, 0.05) is 12.1 Å². The maximum absolute atomic E-state index is 11.8. The number of hydrogen-bond acceptors (Lipinski definition) is 12. The number of benzene rings is 2. The van der Waals surface area contributed by atoms with Crippen LogP contribution in [0.2, 0.25) is 0 Å². The molecule has 2 aromatic carbocycles. The highest BCUT2D eigenvalue weighted by Crippen LogP contribution is 2.36. The highest BCUT2D eigenvalue weighted by Gasteiger charge is 2.26. The molecule has 0 aliphatic rings. The van der Waals surface area contributed by atoms with Crippen molar-refractivity contribution in [1.29, 1.82) is 0 Å². The summed E-state index contributed by atoms with van der Waals surface area (Å²) >= 11 is 0. The average Bonchev–Trinajstić information content (AvgIpc) is 2.90. The van der Waals surface area contributed by atoms with Crippen molar-refractivity contribution >= 4 is 23.3 Å². The molecule has 2 aromatic rings. The normalized spacial score (nSPS) is 10.3. The lowest BCUT2D eigenvalue weighted by Crippen LogP contribution is -2.08. The van der Waals surface area contributed by atoms with Crippen LogP contribution in [0.25, 0.3) is 0 Å². The minimum absolute atomic E-state index is 0.0980. The molecule has 200 valence electrons. The Bertz CT molecular complexity index is 1080. The average molecular weight is 522 g/mol. The van der Waals surface area contributed by atoms with Crippen molar-refractivity contribution in [2.24, 2.45) is 0 Å². The van der Waals surface area contributed by atoms with E-state index in [1.165, 1.54) is 26.4 Å². The summed E-state index contributed by atoms with van der Waals surface area (Å²) in [6, 6.07) is 4.58. The van der Waals surface area contributed by atoms with E-state index in [9.17, 15) is 29.8 Å². The first kappa shape index (κ1) is 28.6. The molecular weight excluding hydrogens is 496 g/mol. The van der Waals surface area contributed by atoms with Gasteiger partial charge in [0.05, 0.1) is 63.6 Å². The second kappa shape index (κ2) is 13.5. The van der Waals surface area contributed by atoms with E-state index in [2.05, 4.69) is 9.47 Å². The van der Waals surface area contributed by atoms with E-state index in [1.807, 2.05) is 0 Å². The van der Waals surface area contributed by atoms with Gasteiger partial charge >= 0.3 is 11.9 Å². The molecule has 0 saturated carbocycles. The molecule has 0 atom stereocenters. The number of carbonyl (C=O) groups excluding carboxylic acids is 2. The predicted molar refractivity (Wildman–Crippen MR) is 127 cm³/mol. The standard InChI is InChI=1S/C23H26N2O12/c1-32-18-10-14(22(26)34-3)16(24(28)29)12-20(18)36-8-6-5-7-9-37-21-13-17(25(30)31)15(23(27)35-4)11-19(21)33-2/h10-13H,5-9H2,1-4H3. The number of nitro benzene ring substituents is 2. The van der Waals surface area contributed by atoms with Crippen LogP contribution in [0.4, 0.5) is 11.4 Å². The third-order valence-electron chi connectivity index (χ3n) is 5.07. The summed E-state index contributed by atoms with van der Waals surface area (Å²) in [5, 5.41) is 22.7. The van der Waals surface area contributed by atoms with Gasteiger partial charge in [0.1, 0.15) is 11.1 Å². The molecule has 14 heteroatoms. The van der Waals surface area contributed by atoms with Gasteiger partial charge in [-0.25, -0.2) is 9.59 Å². The predicted octanol–water partition coefficient (Wildman–Crippen LogP) is 3.72. The Balaban J connectivity index is 1.96. The van der Waals surface area contributed by atoms with Crippen LogP contribution in [-0.2, 0) is 9.47 Å². The highest BCUT2D eigenvalue weighted by molar-refractivity contribution is 5.95. The number of rotatable bonds is 14. The quantitative estimate of drug-likeness (QED) is 0.152. The van der Waals surface area contributed by atoms with E-state index >= 15 is 0 Å². The lowest BCUT2D eigenvalue weighted by atomic mass is 10.1. The smallest absolute Gasteiger partial charge is 0.345 e. The van der Waals surface area contributed by atoms with Gasteiger partial charge in [-0.2, -0.15) is 0 Å². The number of hydrogen-bond donors (Lipinski definition) is 0. The van der Waals surface area contributed by atoms with Crippen LogP contribution in [0.1, 0.15) is 40.0 Å². The molecule has 0 aromatic heterocycles. The van der Waals surface area contributed by atoms with E-state index < -0.39 is 33.2 Å². The molecule has 0 radical (unpaired) electrons. The van der Waals surface area contributed by atoms with Gasteiger partial charge in [0.2, 0.25) is 0 Å². The summed E-state index contributed by atoms with van der Waals surface area (Å²) < 4.78 is 30.7. The fourth-order valence-electron chi connectivity index (χ4n) is 3.24. The van der Waals surface area contributed by atoms with E-state index in [0.29, 0.717) is 19.3 Å². The topological polar surface area (TPSA) is 176 Å². The van der Waals surface area contributed by atoms with Crippen molar-refractivity contribution in [3.05, 3.63) is 55.6 Å². The summed E-state index contributed by atoms with van der Waals surface area (Å²) in [7, 11) is 4.90. The zero-order valence-corrected chi connectivity index (χ0v) is 20.6. The maximum atomic E-state index is 11.8. The Morgan fingerprint density at radius 1 is 0.649 bits per heavy atom. The maximum Gasteiger partial charge on any atom is 0.345 e. The molecular formula is C23H26N2O12.